The molecule has 1 amide bonds. The summed E-state index contributed by atoms with van der Waals surface area (Å²) in [6.45, 7) is 3.00. The molecule has 3 rings (SSSR count). The lowest BCUT2D eigenvalue weighted by atomic mass is 10.1. The zero-order valence-corrected chi connectivity index (χ0v) is 14.7. The van der Waals surface area contributed by atoms with Crippen molar-refractivity contribution in [1.29, 1.82) is 0 Å². The van der Waals surface area contributed by atoms with Crippen molar-refractivity contribution >= 4 is 11.9 Å². The molecule has 0 bridgehead atoms. The van der Waals surface area contributed by atoms with Gasteiger partial charge >= 0.3 is 6.01 Å². The number of hydrogen-bond acceptors (Lipinski definition) is 6. The maximum Gasteiger partial charge on any atom is 0.322 e. The monoisotopic (exact) mass is 352 g/mol. The summed E-state index contributed by atoms with van der Waals surface area (Å²) in [7, 11) is 1.61. The lowest BCUT2D eigenvalue weighted by Crippen LogP contribution is -2.22. The quantitative estimate of drug-likeness (QED) is 0.679. The van der Waals surface area contributed by atoms with Gasteiger partial charge in [-0.1, -0.05) is 29.4 Å². The van der Waals surface area contributed by atoms with Crippen LogP contribution in [0.3, 0.4) is 0 Å². The second-order valence-corrected chi connectivity index (χ2v) is 5.57. The van der Waals surface area contributed by atoms with E-state index in [2.05, 4.69) is 20.8 Å². The molecule has 0 aliphatic heterocycles. The molecule has 1 heterocycles. The average molecular weight is 352 g/mol. The van der Waals surface area contributed by atoms with Crippen molar-refractivity contribution in [3.63, 3.8) is 0 Å². The highest BCUT2D eigenvalue weighted by Crippen LogP contribution is 2.22. The molecule has 0 spiro atoms. The lowest BCUT2D eigenvalue weighted by Gasteiger charge is -2.04. The number of rotatable bonds is 7. The molecule has 3 aromatic rings. The van der Waals surface area contributed by atoms with Crippen molar-refractivity contribution in [1.82, 2.24) is 15.5 Å². The number of methoxy groups -OCH3 is 1. The Morgan fingerprint density at radius 2 is 2.00 bits per heavy atom. The molecule has 0 unspecified atom stereocenters. The van der Waals surface area contributed by atoms with Crippen LogP contribution in [0.25, 0.3) is 11.4 Å². The summed E-state index contributed by atoms with van der Waals surface area (Å²) < 4.78 is 10.4. The summed E-state index contributed by atoms with van der Waals surface area (Å²) in [6, 6.07) is 15.1. The Kier molecular flexibility index (Phi) is 5.48. The second kappa shape index (κ2) is 8.15. The van der Waals surface area contributed by atoms with Crippen LogP contribution in [0.2, 0.25) is 0 Å². The Morgan fingerprint density at radius 1 is 1.19 bits per heavy atom. The van der Waals surface area contributed by atoms with Gasteiger partial charge in [-0.25, -0.2) is 0 Å². The third-order valence-corrected chi connectivity index (χ3v) is 3.75. The van der Waals surface area contributed by atoms with Crippen LogP contribution < -0.4 is 15.4 Å². The first-order chi connectivity index (χ1) is 12.7. The molecule has 2 N–H and O–H groups in total. The van der Waals surface area contributed by atoms with Crippen molar-refractivity contribution < 1.29 is 14.1 Å². The molecule has 0 saturated heterocycles. The minimum Gasteiger partial charge on any atom is -0.497 e. The Morgan fingerprint density at radius 3 is 2.73 bits per heavy atom. The predicted molar refractivity (Wildman–Crippen MR) is 98.1 cm³/mol. The number of aromatic nitrogens is 2. The molecular weight excluding hydrogens is 332 g/mol. The molecule has 134 valence electrons. The number of nitrogens with zero attached hydrogens (tertiary/aromatic N) is 2. The van der Waals surface area contributed by atoms with Crippen molar-refractivity contribution in [2.24, 2.45) is 0 Å². The molecular formula is C19H20N4O3. The van der Waals surface area contributed by atoms with Crippen molar-refractivity contribution in [2.45, 2.75) is 13.5 Å². The van der Waals surface area contributed by atoms with E-state index in [1.807, 2.05) is 43.3 Å². The van der Waals surface area contributed by atoms with Gasteiger partial charge in [0.2, 0.25) is 5.82 Å². The third kappa shape index (κ3) is 4.18. The first-order valence-corrected chi connectivity index (χ1v) is 8.28. The molecule has 0 aliphatic rings. The van der Waals surface area contributed by atoms with E-state index in [1.54, 1.807) is 19.2 Å². The van der Waals surface area contributed by atoms with Gasteiger partial charge in [0.05, 0.1) is 7.11 Å². The van der Waals surface area contributed by atoms with E-state index in [1.165, 1.54) is 0 Å². The number of carbonyl (C=O) groups is 1. The van der Waals surface area contributed by atoms with Crippen LogP contribution in [0.1, 0.15) is 22.8 Å². The average Bonchev–Trinajstić information content (AvgIpc) is 3.16. The molecule has 2 aromatic carbocycles. The highest BCUT2D eigenvalue weighted by molar-refractivity contribution is 5.94. The summed E-state index contributed by atoms with van der Waals surface area (Å²) in [5, 5.41) is 9.83. The molecule has 0 fully saturated rings. The molecule has 1 aromatic heterocycles. The van der Waals surface area contributed by atoms with Crippen LogP contribution >= 0.6 is 0 Å². The number of carbonyl (C=O) groups excluding carboxylic acids is 1. The summed E-state index contributed by atoms with van der Waals surface area (Å²) in [4.78, 5) is 16.1. The Labute approximate surface area is 151 Å². The number of benzene rings is 2. The van der Waals surface area contributed by atoms with E-state index >= 15 is 0 Å². The highest BCUT2D eigenvalue weighted by Gasteiger charge is 2.09. The fourth-order valence-electron chi connectivity index (χ4n) is 2.39. The second-order valence-electron chi connectivity index (χ2n) is 5.57. The highest BCUT2D eigenvalue weighted by atomic mass is 16.5. The van der Waals surface area contributed by atoms with E-state index in [0.717, 1.165) is 16.9 Å². The molecule has 7 nitrogen and oxygen atoms in total. The Balaban J connectivity index is 1.62. The van der Waals surface area contributed by atoms with Gasteiger partial charge in [-0.2, -0.15) is 4.98 Å². The van der Waals surface area contributed by atoms with E-state index in [-0.39, 0.29) is 5.91 Å². The number of ether oxygens (including phenoxy) is 1. The van der Waals surface area contributed by atoms with Crippen molar-refractivity contribution in [3.05, 3.63) is 59.7 Å². The van der Waals surface area contributed by atoms with Gasteiger partial charge in [-0.3, -0.25) is 4.79 Å². The minimum absolute atomic E-state index is 0.0770. The van der Waals surface area contributed by atoms with E-state index in [4.69, 9.17) is 9.26 Å². The minimum atomic E-state index is -0.0770. The van der Waals surface area contributed by atoms with Crippen LogP contribution in [0.15, 0.2) is 53.1 Å². The number of amides is 1. The zero-order chi connectivity index (χ0) is 18.4. The van der Waals surface area contributed by atoms with E-state index in [0.29, 0.717) is 30.5 Å². The number of hydrogen-bond donors (Lipinski definition) is 2. The van der Waals surface area contributed by atoms with Crippen molar-refractivity contribution in [2.75, 3.05) is 19.0 Å². The summed E-state index contributed by atoms with van der Waals surface area (Å²) in [6.07, 6.45) is 0. The van der Waals surface area contributed by atoms with Crippen LogP contribution in [-0.4, -0.2) is 29.7 Å². The topological polar surface area (TPSA) is 89.3 Å². The van der Waals surface area contributed by atoms with Crippen molar-refractivity contribution in [3.8, 4) is 17.1 Å². The Bertz CT molecular complexity index is 875. The van der Waals surface area contributed by atoms with Gasteiger partial charge in [0.1, 0.15) is 5.75 Å². The molecule has 0 radical (unpaired) electrons. The van der Waals surface area contributed by atoms with Gasteiger partial charge in [0.15, 0.2) is 0 Å². The first kappa shape index (κ1) is 17.5. The van der Waals surface area contributed by atoms with Crippen LogP contribution in [-0.2, 0) is 6.54 Å². The van der Waals surface area contributed by atoms with E-state index in [9.17, 15) is 4.79 Å². The SMILES string of the molecule is CCNC(=O)c1ccc(CNc2nc(-c3cccc(OC)c3)no2)cc1. The maximum absolute atomic E-state index is 11.7. The van der Waals surface area contributed by atoms with Gasteiger partial charge in [-0.15, -0.1) is 0 Å². The van der Waals surface area contributed by atoms with Gasteiger partial charge < -0.3 is 19.9 Å². The molecule has 0 saturated carbocycles. The summed E-state index contributed by atoms with van der Waals surface area (Å²) in [5.41, 5.74) is 2.44. The molecule has 0 atom stereocenters. The first-order valence-electron chi connectivity index (χ1n) is 8.28. The van der Waals surface area contributed by atoms with Gasteiger partial charge in [0.25, 0.3) is 5.91 Å². The van der Waals surface area contributed by atoms with Gasteiger partial charge in [0, 0.05) is 24.2 Å². The fraction of sp³-hybridized carbons (Fsp3) is 0.211. The molecule has 7 heteroatoms. The van der Waals surface area contributed by atoms with Crippen LogP contribution in [0.4, 0.5) is 6.01 Å². The summed E-state index contributed by atoms with van der Waals surface area (Å²) >= 11 is 0. The van der Waals surface area contributed by atoms with Crippen LogP contribution in [0.5, 0.6) is 5.75 Å². The van der Waals surface area contributed by atoms with Crippen LogP contribution in [0, 0.1) is 0 Å². The third-order valence-electron chi connectivity index (χ3n) is 3.75. The molecule has 0 aliphatic carbocycles. The number of anilines is 1. The maximum atomic E-state index is 11.7. The zero-order valence-electron chi connectivity index (χ0n) is 14.7. The standard InChI is InChI=1S/C19H20N4O3/c1-3-20-18(24)14-9-7-13(8-10-14)12-21-19-22-17(23-26-19)15-5-4-6-16(11-15)25-2/h4-11H,3,12H2,1-2H3,(H,20,24)(H,21,22,23). The normalized spacial score (nSPS) is 10.4. The fourth-order valence-corrected chi connectivity index (χ4v) is 2.39. The predicted octanol–water partition coefficient (Wildman–Crippen LogP) is 3.11. The number of nitrogens with one attached hydrogen (secondary N) is 2. The largest absolute Gasteiger partial charge is 0.497 e. The smallest absolute Gasteiger partial charge is 0.322 e. The molecule has 26 heavy (non-hydrogen) atoms. The summed E-state index contributed by atoms with van der Waals surface area (Å²) in [5.74, 6) is 1.14. The van der Waals surface area contributed by atoms with E-state index < -0.39 is 0 Å². The Hall–Kier alpha value is -3.35. The van der Waals surface area contributed by atoms with Gasteiger partial charge in [-0.05, 0) is 36.8 Å². The lowest BCUT2D eigenvalue weighted by molar-refractivity contribution is 0.0956.